The molecule has 2 aliphatic heterocycles. The molecule has 0 radical (unpaired) electrons. The third-order valence-electron chi connectivity index (χ3n) is 7.73. The number of unbranched alkanes of at least 4 members (excludes halogenated alkanes) is 1. The lowest BCUT2D eigenvalue weighted by Crippen LogP contribution is -2.40. The Morgan fingerprint density at radius 2 is 2.00 bits per heavy atom. The number of nitrogens with zero attached hydrogens (tertiary/aromatic N) is 1. The third-order valence-corrected chi connectivity index (χ3v) is 8.02. The highest BCUT2D eigenvalue weighted by Crippen LogP contribution is 2.38. The van der Waals surface area contributed by atoms with Crippen LogP contribution in [0.2, 0.25) is 5.02 Å². The van der Waals surface area contributed by atoms with Crippen molar-refractivity contribution in [3.63, 3.8) is 0 Å². The molecule has 224 valence electrons. The predicted octanol–water partition coefficient (Wildman–Crippen LogP) is 4.96. The van der Waals surface area contributed by atoms with E-state index in [-0.39, 0.29) is 35.1 Å². The molecule has 2 atom stereocenters. The number of hydrogen-bond donors (Lipinski definition) is 3. The third kappa shape index (κ3) is 7.84. The fraction of sp³-hybridized carbons (Fsp3) is 0.548. The van der Waals surface area contributed by atoms with Gasteiger partial charge in [0.2, 0.25) is 5.91 Å². The van der Waals surface area contributed by atoms with Crippen molar-refractivity contribution < 1.29 is 28.9 Å². The van der Waals surface area contributed by atoms with Crippen LogP contribution in [0.15, 0.2) is 24.3 Å². The van der Waals surface area contributed by atoms with Crippen molar-refractivity contribution in [2.75, 3.05) is 45.3 Å². The Bertz CT molecular complexity index is 1220. The van der Waals surface area contributed by atoms with E-state index in [1.165, 1.54) is 7.11 Å². The normalized spacial score (nSPS) is 18.6. The predicted molar refractivity (Wildman–Crippen MR) is 160 cm³/mol. The summed E-state index contributed by atoms with van der Waals surface area (Å²) in [5, 5.41) is 16.9. The maximum atomic E-state index is 13.1. The molecule has 2 aliphatic rings. The van der Waals surface area contributed by atoms with Crippen molar-refractivity contribution in [2.24, 2.45) is 0 Å². The smallest absolute Gasteiger partial charge is 0.258 e. The minimum atomic E-state index is -0.404. The Kier molecular flexibility index (Phi) is 11.1. The first-order chi connectivity index (χ1) is 19.8. The number of phenolic OH excluding ortho intramolecular Hbond substituents is 1. The van der Waals surface area contributed by atoms with Gasteiger partial charge in [0.25, 0.3) is 5.91 Å². The maximum Gasteiger partial charge on any atom is 0.258 e. The molecule has 0 spiro atoms. The highest BCUT2D eigenvalue weighted by atomic mass is 35.5. The van der Waals surface area contributed by atoms with Gasteiger partial charge in [-0.15, -0.1) is 0 Å². The van der Waals surface area contributed by atoms with E-state index in [1.54, 1.807) is 6.07 Å². The first-order valence-corrected chi connectivity index (χ1v) is 15.0. The molecule has 1 saturated heterocycles. The SMILES string of the molecule is CCCN1C[C@H](OCCCCOc2ccc3c(c2)NC(=O)CC3)C[C@H]1CNC(=O)c1c(O)c(CC)cc(Cl)c1OC. The van der Waals surface area contributed by atoms with E-state index in [0.29, 0.717) is 43.2 Å². The number of benzene rings is 2. The second-order valence-corrected chi connectivity index (χ2v) is 11.0. The Morgan fingerprint density at radius 3 is 2.76 bits per heavy atom. The summed E-state index contributed by atoms with van der Waals surface area (Å²) < 4.78 is 17.4. The summed E-state index contributed by atoms with van der Waals surface area (Å²) in [5.74, 6) is 0.494. The zero-order valence-electron chi connectivity index (χ0n) is 24.3. The van der Waals surface area contributed by atoms with E-state index >= 15 is 0 Å². The number of anilines is 1. The standard InChI is InChI=1S/C31H42ClN3O6/c1-4-12-35-19-24(41-14-7-6-13-40-23-10-8-21-9-11-27(36)34-26(21)17-23)16-22(35)18-33-31(38)28-29(37)20(5-2)15-25(32)30(28)39-3/h8,10,15,17,22,24,37H,4-7,9,11-14,16,18-19H2,1-3H3,(H,33,38)(H,34,36)/t22-,24+/m0/s1. The number of rotatable bonds is 14. The number of methoxy groups -OCH3 is 1. The number of fused-ring (bicyclic) bond motifs is 1. The van der Waals surface area contributed by atoms with Gasteiger partial charge in [0.05, 0.1) is 24.8 Å². The van der Waals surface area contributed by atoms with Crippen LogP contribution in [0.3, 0.4) is 0 Å². The number of amides is 2. The molecule has 3 N–H and O–H groups in total. The molecule has 9 nitrogen and oxygen atoms in total. The highest BCUT2D eigenvalue weighted by Gasteiger charge is 2.33. The van der Waals surface area contributed by atoms with Crippen molar-refractivity contribution in [3.05, 3.63) is 46.0 Å². The number of carbonyl (C=O) groups is 2. The van der Waals surface area contributed by atoms with Crippen LogP contribution in [0, 0.1) is 0 Å². The molecule has 1 fully saturated rings. The van der Waals surface area contributed by atoms with Gasteiger partial charge >= 0.3 is 0 Å². The molecule has 0 aliphatic carbocycles. The first-order valence-electron chi connectivity index (χ1n) is 14.6. The second kappa shape index (κ2) is 14.8. The summed E-state index contributed by atoms with van der Waals surface area (Å²) in [7, 11) is 1.44. The average molecular weight is 588 g/mol. The number of carbonyl (C=O) groups excluding carboxylic acids is 2. The summed E-state index contributed by atoms with van der Waals surface area (Å²) >= 11 is 6.32. The summed E-state index contributed by atoms with van der Waals surface area (Å²) in [5.41, 5.74) is 2.67. The van der Waals surface area contributed by atoms with Crippen molar-refractivity contribution in [3.8, 4) is 17.2 Å². The summed E-state index contributed by atoms with van der Waals surface area (Å²) in [6.07, 6.45) is 5.49. The van der Waals surface area contributed by atoms with Gasteiger partial charge in [-0.2, -0.15) is 0 Å². The van der Waals surface area contributed by atoms with Crippen molar-refractivity contribution in [1.29, 1.82) is 0 Å². The van der Waals surface area contributed by atoms with Gasteiger partial charge in [0.15, 0.2) is 5.75 Å². The number of phenols is 1. The number of nitrogens with one attached hydrogen (secondary N) is 2. The molecule has 0 aromatic heterocycles. The summed E-state index contributed by atoms with van der Waals surface area (Å²) in [6.45, 7) is 7.42. The van der Waals surface area contributed by atoms with E-state index in [2.05, 4.69) is 22.5 Å². The van der Waals surface area contributed by atoms with E-state index in [0.717, 1.165) is 62.2 Å². The molecule has 0 saturated carbocycles. The molecule has 2 aromatic carbocycles. The Hall–Kier alpha value is -3.01. The first kappa shape index (κ1) is 30.9. The van der Waals surface area contributed by atoms with Crippen LogP contribution < -0.4 is 20.1 Å². The van der Waals surface area contributed by atoms with Gasteiger partial charge in [-0.25, -0.2) is 0 Å². The quantitative estimate of drug-likeness (QED) is 0.268. The fourth-order valence-electron chi connectivity index (χ4n) is 5.57. The second-order valence-electron chi connectivity index (χ2n) is 10.6. The van der Waals surface area contributed by atoms with Crippen LogP contribution in [0.5, 0.6) is 17.2 Å². The van der Waals surface area contributed by atoms with E-state index in [1.807, 2.05) is 25.1 Å². The van der Waals surface area contributed by atoms with Gasteiger partial charge in [0, 0.05) is 43.9 Å². The van der Waals surface area contributed by atoms with Crippen LogP contribution in [0.25, 0.3) is 0 Å². The maximum absolute atomic E-state index is 13.1. The van der Waals surface area contributed by atoms with Crippen LogP contribution >= 0.6 is 11.6 Å². The van der Waals surface area contributed by atoms with Gasteiger partial charge in [-0.05, 0) is 68.3 Å². The number of likely N-dealkylation sites (tertiary alicyclic amines) is 1. The number of halogens is 1. The van der Waals surface area contributed by atoms with E-state index < -0.39 is 5.91 Å². The van der Waals surface area contributed by atoms with Crippen molar-refractivity contribution >= 4 is 29.1 Å². The molecular formula is C31H42ClN3O6. The topological polar surface area (TPSA) is 109 Å². The van der Waals surface area contributed by atoms with E-state index in [9.17, 15) is 14.7 Å². The minimum absolute atomic E-state index is 0.0482. The van der Waals surface area contributed by atoms with Crippen molar-refractivity contribution in [1.82, 2.24) is 10.2 Å². The van der Waals surface area contributed by atoms with Crippen molar-refractivity contribution in [2.45, 2.75) is 70.9 Å². The molecule has 0 bridgehead atoms. The zero-order valence-corrected chi connectivity index (χ0v) is 25.0. The van der Waals surface area contributed by atoms with Crippen LogP contribution in [-0.2, 0) is 22.4 Å². The highest BCUT2D eigenvalue weighted by molar-refractivity contribution is 6.33. The summed E-state index contributed by atoms with van der Waals surface area (Å²) in [6, 6.07) is 7.64. The Labute approximate surface area is 247 Å². The van der Waals surface area contributed by atoms with Gasteiger partial charge in [-0.3, -0.25) is 14.5 Å². The fourth-order valence-corrected chi connectivity index (χ4v) is 5.87. The minimum Gasteiger partial charge on any atom is -0.507 e. The molecule has 0 unspecified atom stereocenters. The molecule has 41 heavy (non-hydrogen) atoms. The van der Waals surface area contributed by atoms with Gasteiger partial charge < -0.3 is 30.0 Å². The zero-order chi connectivity index (χ0) is 29.4. The number of aromatic hydroxyl groups is 1. The van der Waals surface area contributed by atoms with Crippen LogP contribution in [0.1, 0.15) is 67.4 Å². The molecule has 10 heteroatoms. The average Bonchev–Trinajstić information content (AvgIpc) is 3.35. The Morgan fingerprint density at radius 1 is 1.20 bits per heavy atom. The lowest BCUT2D eigenvalue weighted by atomic mass is 10.0. The molecular weight excluding hydrogens is 546 g/mol. The summed E-state index contributed by atoms with van der Waals surface area (Å²) in [4.78, 5) is 27.1. The van der Waals surface area contributed by atoms with E-state index in [4.69, 9.17) is 25.8 Å². The molecule has 2 heterocycles. The monoisotopic (exact) mass is 587 g/mol. The van der Waals surface area contributed by atoms with Gasteiger partial charge in [-0.1, -0.05) is 31.5 Å². The lowest BCUT2D eigenvalue weighted by molar-refractivity contribution is -0.116. The lowest BCUT2D eigenvalue weighted by Gasteiger charge is -2.24. The number of hydrogen-bond acceptors (Lipinski definition) is 7. The molecule has 2 aromatic rings. The number of aryl methyl sites for hydroxylation is 2. The van der Waals surface area contributed by atoms with Crippen LogP contribution in [-0.4, -0.2) is 73.9 Å². The largest absolute Gasteiger partial charge is 0.507 e. The molecule has 2 amide bonds. The Balaban J connectivity index is 1.22. The number of ether oxygens (including phenoxy) is 3. The van der Waals surface area contributed by atoms with Crippen LogP contribution in [0.4, 0.5) is 5.69 Å². The van der Waals surface area contributed by atoms with Gasteiger partial charge in [0.1, 0.15) is 17.1 Å². The molecule has 4 rings (SSSR count).